The Morgan fingerprint density at radius 3 is 2.55 bits per heavy atom. The number of nitrogens with zero attached hydrogens (tertiary/aromatic N) is 1. The molecule has 0 saturated carbocycles. The summed E-state index contributed by atoms with van der Waals surface area (Å²) in [5.74, 6) is 0.148. The molecule has 1 amide bonds. The van der Waals surface area contributed by atoms with E-state index in [1.54, 1.807) is 0 Å². The smallest absolute Gasteiger partial charge is 0.254 e. The third-order valence-electron chi connectivity index (χ3n) is 3.24. The largest absolute Gasteiger partial charge is 0.333 e. The van der Waals surface area contributed by atoms with Crippen molar-refractivity contribution in [2.45, 2.75) is 37.0 Å². The van der Waals surface area contributed by atoms with Gasteiger partial charge in [-0.25, -0.2) is 0 Å². The zero-order valence-electron chi connectivity index (χ0n) is 12.3. The quantitative estimate of drug-likeness (QED) is 0.870. The van der Waals surface area contributed by atoms with Gasteiger partial charge in [-0.05, 0) is 31.2 Å². The van der Waals surface area contributed by atoms with E-state index in [0.717, 1.165) is 25.2 Å². The van der Waals surface area contributed by atoms with Gasteiger partial charge in [0.15, 0.2) is 0 Å². The lowest BCUT2D eigenvalue weighted by Gasteiger charge is -2.34. The number of carbonyl (C=O) groups is 1. The molecule has 0 aliphatic carbocycles. The summed E-state index contributed by atoms with van der Waals surface area (Å²) in [6.45, 7) is 9.00. The van der Waals surface area contributed by atoms with Crippen molar-refractivity contribution in [2.75, 3.05) is 19.6 Å². The predicted octanol–water partition coefficient (Wildman–Crippen LogP) is 3.04. The van der Waals surface area contributed by atoms with Crippen LogP contribution in [0.2, 0.25) is 0 Å². The van der Waals surface area contributed by atoms with Crippen molar-refractivity contribution in [1.82, 2.24) is 10.2 Å². The van der Waals surface area contributed by atoms with Gasteiger partial charge in [0.1, 0.15) is 0 Å². The molecule has 20 heavy (non-hydrogen) atoms. The summed E-state index contributed by atoms with van der Waals surface area (Å²) >= 11 is 1.82. The molecule has 1 aliphatic heterocycles. The molecule has 0 radical (unpaired) electrons. The van der Waals surface area contributed by atoms with Gasteiger partial charge in [0.2, 0.25) is 0 Å². The third kappa shape index (κ3) is 4.40. The average Bonchev–Trinajstić information content (AvgIpc) is 2.39. The SMILES string of the molecule is CC(C)Sc1ccc(C(=O)N2CCNCC2C)cc1.Cl. The Balaban J connectivity index is 0.00000200. The minimum atomic E-state index is 0. The van der Waals surface area contributed by atoms with Crippen LogP contribution in [0.3, 0.4) is 0 Å². The number of thioether (sulfide) groups is 1. The van der Waals surface area contributed by atoms with Crippen LogP contribution in [0.15, 0.2) is 29.2 Å². The second-order valence-corrected chi connectivity index (χ2v) is 6.89. The molecule has 0 aromatic heterocycles. The van der Waals surface area contributed by atoms with Gasteiger partial charge in [0.05, 0.1) is 0 Å². The Kier molecular flexibility index (Phi) is 6.86. The summed E-state index contributed by atoms with van der Waals surface area (Å²) in [7, 11) is 0. The lowest BCUT2D eigenvalue weighted by molar-refractivity contribution is 0.0655. The number of carbonyl (C=O) groups excluding carboxylic acids is 1. The summed E-state index contributed by atoms with van der Waals surface area (Å²) in [4.78, 5) is 15.6. The number of benzene rings is 1. The number of hydrogen-bond donors (Lipinski definition) is 1. The van der Waals surface area contributed by atoms with Crippen molar-refractivity contribution in [2.24, 2.45) is 0 Å². The van der Waals surface area contributed by atoms with Crippen LogP contribution in [0.4, 0.5) is 0 Å². The van der Waals surface area contributed by atoms with Gasteiger partial charge in [0.25, 0.3) is 5.91 Å². The maximum absolute atomic E-state index is 12.4. The van der Waals surface area contributed by atoms with Gasteiger partial charge in [-0.15, -0.1) is 24.2 Å². The fraction of sp³-hybridized carbons (Fsp3) is 0.533. The van der Waals surface area contributed by atoms with E-state index in [4.69, 9.17) is 0 Å². The molecule has 1 heterocycles. The molecular formula is C15H23ClN2OS. The number of halogens is 1. The number of hydrogen-bond acceptors (Lipinski definition) is 3. The van der Waals surface area contributed by atoms with E-state index < -0.39 is 0 Å². The molecule has 1 aromatic rings. The first-order chi connectivity index (χ1) is 9.08. The lowest BCUT2D eigenvalue weighted by atomic mass is 10.1. The van der Waals surface area contributed by atoms with Crippen LogP contribution in [-0.4, -0.2) is 41.7 Å². The van der Waals surface area contributed by atoms with Crippen molar-refractivity contribution >= 4 is 30.1 Å². The topological polar surface area (TPSA) is 32.3 Å². The van der Waals surface area contributed by atoms with Crippen LogP contribution < -0.4 is 5.32 Å². The highest BCUT2D eigenvalue weighted by Crippen LogP contribution is 2.23. The van der Waals surface area contributed by atoms with Gasteiger partial charge in [-0.2, -0.15) is 0 Å². The zero-order valence-corrected chi connectivity index (χ0v) is 13.9. The molecule has 1 aromatic carbocycles. The van der Waals surface area contributed by atoms with E-state index in [9.17, 15) is 4.79 Å². The van der Waals surface area contributed by atoms with Gasteiger partial charge in [-0.3, -0.25) is 4.79 Å². The molecular weight excluding hydrogens is 292 g/mol. The van der Waals surface area contributed by atoms with Gasteiger partial charge >= 0.3 is 0 Å². The number of amides is 1. The highest BCUT2D eigenvalue weighted by atomic mass is 35.5. The molecule has 112 valence electrons. The van der Waals surface area contributed by atoms with Crippen LogP contribution >= 0.6 is 24.2 Å². The molecule has 2 rings (SSSR count). The summed E-state index contributed by atoms with van der Waals surface area (Å²) in [5.41, 5.74) is 0.793. The minimum absolute atomic E-state index is 0. The summed E-state index contributed by atoms with van der Waals surface area (Å²) in [6, 6.07) is 8.25. The van der Waals surface area contributed by atoms with Crippen LogP contribution in [0.1, 0.15) is 31.1 Å². The van der Waals surface area contributed by atoms with Crippen molar-refractivity contribution in [3.8, 4) is 0 Å². The molecule has 1 atom stereocenters. The second-order valence-electron chi connectivity index (χ2n) is 5.24. The van der Waals surface area contributed by atoms with E-state index in [0.29, 0.717) is 5.25 Å². The third-order valence-corrected chi connectivity index (χ3v) is 4.25. The molecule has 3 nitrogen and oxygen atoms in total. The van der Waals surface area contributed by atoms with Crippen LogP contribution in [0.5, 0.6) is 0 Å². The molecule has 1 N–H and O–H groups in total. The first-order valence-corrected chi connectivity index (χ1v) is 7.74. The molecule has 0 spiro atoms. The lowest BCUT2D eigenvalue weighted by Crippen LogP contribution is -2.52. The van der Waals surface area contributed by atoms with E-state index >= 15 is 0 Å². The standard InChI is InChI=1S/C15H22N2OS.ClH/c1-11(2)19-14-6-4-13(5-7-14)15(18)17-9-8-16-10-12(17)3;/h4-7,11-12,16H,8-10H2,1-3H3;1H. The fourth-order valence-corrected chi connectivity index (χ4v) is 3.09. The Morgan fingerprint density at radius 2 is 2.00 bits per heavy atom. The Morgan fingerprint density at radius 1 is 1.35 bits per heavy atom. The first-order valence-electron chi connectivity index (χ1n) is 6.86. The first kappa shape index (κ1) is 17.3. The molecule has 1 fully saturated rings. The van der Waals surface area contributed by atoms with E-state index in [2.05, 4.69) is 26.1 Å². The van der Waals surface area contributed by atoms with E-state index in [-0.39, 0.29) is 24.4 Å². The van der Waals surface area contributed by atoms with Crippen molar-refractivity contribution < 1.29 is 4.79 Å². The summed E-state index contributed by atoms with van der Waals surface area (Å²) in [6.07, 6.45) is 0. The van der Waals surface area contributed by atoms with Crippen LogP contribution in [0, 0.1) is 0 Å². The van der Waals surface area contributed by atoms with E-state index in [1.165, 1.54) is 4.90 Å². The fourth-order valence-electron chi connectivity index (χ4n) is 2.26. The monoisotopic (exact) mass is 314 g/mol. The molecule has 1 saturated heterocycles. The van der Waals surface area contributed by atoms with Crippen molar-refractivity contribution in [1.29, 1.82) is 0 Å². The van der Waals surface area contributed by atoms with Gasteiger partial charge < -0.3 is 10.2 Å². The molecule has 5 heteroatoms. The second kappa shape index (κ2) is 7.91. The van der Waals surface area contributed by atoms with Crippen molar-refractivity contribution in [3.05, 3.63) is 29.8 Å². The number of piperazine rings is 1. The Hall–Kier alpha value is -0.710. The highest BCUT2D eigenvalue weighted by molar-refractivity contribution is 7.99. The van der Waals surface area contributed by atoms with Gasteiger partial charge in [-0.1, -0.05) is 13.8 Å². The average molecular weight is 315 g/mol. The maximum atomic E-state index is 12.4. The Labute approximate surface area is 131 Å². The van der Waals surface area contributed by atoms with Crippen molar-refractivity contribution in [3.63, 3.8) is 0 Å². The highest BCUT2D eigenvalue weighted by Gasteiger charge is 2.23. The molecule has 0 bridgehead atoms. The summed E-state index contributed by atoms with van der Waals surface area (Å²) in [5, 5.41) is 3.87. The Bertz CT molecular complexity index is 436. The number of nitrogens with one attached hydrogen (secondary N) is 1. The number of rotatable bonds is 3. The van der Waals surface area contributed by atoms with Gasteiger partial charge in [0, 0.05) is 41.4 Å². The normalized spacial score (nSPS) is 18.8. The van der Waals surface area contributed by atoms with Crippen LogP contribution in [-0.2, 0) is 0 Å². The summed E-state index contributed by atoms with van der Waals surface area (Å²) < 4.78 is 0. The van der Waals surface area contributed by atoms with E-state index in [1.807, 2.05) is 40.9 Å². The molecule has 1 aliphatic rings. The zero-order chi connectivity index (χ0) is 13.8. The van der Waals surface area contributed by atoms with Crippen LogP contribution in [0.25, 0.3) is 0 Å². The molecule has 1 unspecified atom stereocenters. The minimum Gasteiger partial charge on any atom is -0.333 e. The maximum Gasteiger partial charge on any atom is 0.254 e. The predicted molar refractivity (Wildman–Crippen MR) is 88.1 cm³/mol.